The molecular weight excluding hydrogens is 497 g/mol. The number of ether oxygens (including phenoxy) is 1. The summed E-state index contributed by atoms with van der Waals surface area (Å²) < 4.78 is 19.5. The Hall–Kier alpha value is -2.97. The van der Waals surface area contributed by atoms with E-state index in [2.05, 4.69) is 10.2 Å². The topological polar surface area (TPSA) is 79.0 Å². The Morgan fingerprint density at radius 3 is 2.30 bits per heavy atom. The van der Waals surface area contributed by atoms with Gasteiger partial charge in [0.1, 0.15) is 5.82 Å². The lowest BCUT2D eigenvalue weighted by atomic mass is 10.0. The minimum atomic E-state index is -1.28. The Morgan fingerprint density at radius 2 is 1.70 bits per heavy atom. The van der Waals surface area contributed by atoms with Crippen molar-refractivity contribution in [3.63, 3.8) is 0 Å². The molecule has 198 valence electrons. The highest BCUT2D eigenvalue weighted by molar-refractivity contribution is 6.33. The summed E-state index contributed by atoms with van der Waals surface area (Å²) in [6.45, 7) is 7.99. The fraction of sp³-hybridized carbons (Fsp3) is 0.464. The van der Waals surface area contributed by atoms with Crippen LogP contribution in [0.2, 0.25) is 5.02 Å². The number of benzene rings is 2. The molecule has 2 heterocycles. The van der Waals surface area contributed by atoms with Crippen molar-refractivity contribution in [2.45, 2.75) is 38.8 Å². The number of carbonyl (C=O) groups excluding carboxylic acids is 3. The molecule has 0 saturated carbocycles. The summed E-state index contributed by atoms with van der Waals surface area (Å²) in [5.41, 5.74) is -0.354. The van der Waals surface area contributed by atoms with Gasteiger partial charge in [-0.15, -0.1) is 0 Å². The zero-order chi connectivity index (χ0) is 26.7. The van der Waals surface area contributed by atoms with E-state index in [0.717, 1.165) is 25.2 Å². The summed E-state index contributed by atoms with van der Waals surface area (Å²) in [5.74, 6) is -1.20. The van der Waals surface area contributed by atoms with E-state index in [1.54, 1.807) is 18.7 Å². The summed E-state index contributed by atoms with van der Waals surface area (Å²) in [6, 6.07) is 13.8. The van der Waals surface area contributed by atoms with Crippen LogP contribution in [-0.2, 0) is 14.3 Å². The fourth-order valence-corrected chi connectivity index (χ4v) is 5.60. The predicted molar refractivity (Wildman–Crippen MR) is 139 cm³/mol. The molecule has 2 aromatic carbocycles. The molecule has 9 heteroatoms. The highest BCUT2D eigenvalue weighted by Crippen LogP contribution is 2.34. The number of likely N-dealkylation sites (tertiary alicyclic amines) is 2. The first-order valence-corrected chi connectivity index (χ1v) is 12.9. The number of halogens is 2. The number of rotatable bonds is 8. The smallest absolute Gasteiger partial charge is 0.303 e. The Kier molecular flexibility index (Phi) is 8.19. The number of esters is 1. The fourth-order valence-electron chi connectivity index (χ4n) is 5.36. The normalized spacial score (nSPS) is 20.4. The van der Waals surface area contributed by atoms with E-state index < -0.39 is 17.4 Å². The van der Waals surface area contributed by atoms with Crippen molar-refractivity contribution < 1.29 is 23.5 Å². The van der Waals surface area contributed by atoms with E-state index in [9.17, 15) is 18.8 Å². The van der Waals surface area contributed by atoms with Crippen molar-refractivity contribution in [2.75, 3.05) is 32.7 Å². The van der Waals surface area contributed by atoms with E-state index in [1.165, 1.54) is 25.1 Å². The van der Waals surface area contributed by atoms with Crippen LogP contribution in [0.4, 0.5) is 4.39 Å². The number of hydrogen-bond donors (Lipinski definition) is 1. The van der Waals surface area contributed by atoms with E-state index in [-0.39, 0.29) is 28.4 Å². The summed E-state index contributed by atoms with van der Waals surface area (Å²) in [7, 11) is 0. The van der Waals surface area contributed by atoms with Gasteiger partial charge in [0.05, 0.1) is 16.6 Å². The number of carbonyl (C=O) groups is 3. The molecule has 2 fully saturated rings. The van der Waals surface area contributed by atoms with Gasteiger partial charge in [0, 0.05) is 39.6 Å². The largest absolute Gasteiger partial charge is 0.450 e. The van der Waals surface area contributed by atoms with Crippen molar-refractivity contribution in [2.24, 2.45) is 11.8 Å². The van der Waals surface area contributed by atoms with Crippen LogP contribution in [0.1, 0.15) is 49.2 Å². The molecule has 3 atom stereocenters. The molecule has 0 bridgehead atoms. The van der Waals surface area contributed by atoms with Crippen molar-refractivity contribution in [1.82, 2.24) is 15.1 Å². The van der Waals surface area contributed by atoms with E-state index in [4.69, 9.17) is 16.3 Å². The first-order chi connectivity index (χ1) is 17.5. The van der Waals surface area contributed by atoms with Crippen molar-refractivity contribution >= 4 is 29.4 Å². The van der Waals surface area contributed by atoms with E-state index in [0.29, 0.717) is 31.3 Å². The van der Waals surface area contributed by atoms with Gasteiger partial charge in [0.2, 0.25) is 0 Å². The average molecular weight is 530 g/mol. The monoisotopic (exact) mass is 529 g/mol. The summed E-state index contributed by atoms with van der Waals surface area (Å²) in [5, 5.41) is 3.19. The van der Waals surface area contributed by atoms with Gasteiger partial charge in [-0.1, -0.05) is 48.0 Å². The first kappa shape index (κ1) is 27.1. The number of nitrogens with zero attached hydrogens (tertiary/aromatic N) is 2. The summed E-state index contributed by atoms with van der Waals surface area (Å²) >= 11 is 6.11. The van der Waals surface area contributed by atoms with Crippen LogP contribution in [0.3, 0.4) is 0 Å². The first-order valence-electron chi connectivity index (χ1n) is 12.6. The average Bonchev–Trinajstić information content (AvgIpc) is 3.40. The number of hydrogen-bond acceptors (Lipinski definition) is 5. The molecule has 2 amide bonds. The van der Waals surface area contributed by atoms with Crippen LogP contribution in [0.15, 0.2) is 48.5 Å². The van der Waals surface area contributed by atoms with Crippen LogP contribution in [0.5, 0.6) is 0 Å². The van der Waals surface area contributed by atoms with Gasteiger partial charge < -0.3 is 19.9 Å². The van der Waals surface area contributed by atoms with Crippen LogP contribution >= 0.6 is 11.6 Å². The Bertz CT molecular complexity index is 1130. The maximum atomic E-state index is 14.3. The van der Waals surface area contributed by atoms with Gasteiger partial charge in [-0.25, -0.2) is 4.39 Å². The lowest BCUT2D eigenvalue weighted by Crippen LogP contribution is -2.47. The molecule has 0 aliphatic carbocycles. The van der Waals surface area contributed by atoms with Crippen molar-refractivity contribution in [3.05, 3.63) is 70.5 Å². The maximum absolute atomic E-state index is 14.3. The Balaban J connectivity index is 1.35. The number of fused-ring (bicyclic) bond motifs is 1. The lowest BCUT2D eigenvalue weighted by molar-refractivity contribution is -0.163. The van der Waals surface area contributed by atoms with Crippen molar-refractivity contribution in [3.8, 4) is 0 Å². The highest BCUT2D eigenvalue weighted by atomic mass is 35.5. The van der Waals surface area contributed by atoms with Gasteiger partial charge in [0.15, 0.2) is 5.60 Å². The molecule has 2 unspecified atom stereocenters. The van der Waals surface area contributed by atoms with Gasteiger partial charge in [-0.2, -0.15) is 0 Å². The van der Waals surface area contributed by atoms with Crippen LogP contribution < -0.4 is 5.32 Å². The van der Waals surface area contributed by atoms with Gasteiger partial charge in [-0.3, -0.25) is 14.4 Å². The summed E-state index contributed by atoms with van der Waals surface area (Å²) in [4.78, 5) is 41.4. The molecule has 2 aromatic rings. The SMILES string of the molecule is CC(=O)OC(C)(C)C(=O)N[C@@H](CCN1CC2CN(C(=O)c3c(F)cccc3Cl)CC2C1)c1ccccc1. The molecule has 0 radical (unpaired) electrons. The lowest BCUT2D eigenvalue weighted by Gasteiger charge is -2.29. The molecular formula is C28H33ClFN3O4. The third-order valence-electron chi connectivity index (χ3n) is 7.21. The molecule has 0 aromatic heterocycles. The minimum Gasteiger partial charge on any atom is -0.450 e. The second-order valence-corrected chi connectivity index (χ2v) is 10.8. The van der Waals surface area contributed by atoms with Gasteiger partial charge >= 0.3 is 5.97 Å². The molecule has 7 nitrogen and oxygen atoms in total. The van der Waals surface area contributed by atoms with Gasteiger partial charge in [-0.05, 0) is 49.8 Å². The zero-order valence-corrected chi connectivity index (χ0v) is 22.1. The summed E-state index contributed by atoms with van der Waals surface area (Å²) in [6.07, 6.45) is 0.679. The Morgan fingerprint density at radius 1 is 1.05 bits per heavy atom. The highest BCUT2D eigenvalue weighted by Gasteiger charge is 2.42. The minimum absolute atomic E-state index is 0.0564. The second kappa shape index (κ2) is 11.2. The van der Waals surface area contributed by atoms with Crippen molar-refractivity contribution in [1.29, 1.82) is 0 Å². The standard InChI is InChI=1S/C28H33ClFN3O4/c1-18(34)37-28(2,3)27(36)31-24(19-8-5-4-6-9-19)12-13-32-14-20-16-33(17-21(20)15-32)26(35)25-22(29)10-7-11-23(25)30/h4-11,20-21,24H,12-17H2,1-3H3,(H,31,36)/t20?,21?,24-/m0/s1. The zero-order valence-electron chi connectivity index (χ0n) is 21.4. The van der Waals surface area contributed by atoms with Gasteiger partial charge in [0.25, 0.3) is 11.8 Å². The second-order valence-electron chi connectivity index (χ2n) is 10.4. The predicted octanol–water partition coefficient (Wildman–Crippen LogP) is 4.07. The molecule has 2 saturated heterocycles. The van der Waals surface area contributed by atoms with Crippen LogP contribution in [0, 0.1) is 17.7 Å². The molecule has 4 rings (SSSR count). The molecule has 37 heavy (non-hydrogen) atoms. The third kappa shape index (κ3) is 6.30. The molecule has 2 aliphatic heterocycles. The van der Waals surface area contributed by atoms with E-state index in [1.807, 2.05) is 30.3 Å². The quantitative estimate of drug-likeness (QED) is 0.521. The third-order valence-corrected chi connectivity index (χ3v) is 7.53. The maximum Gasteiger partial charge on any atom is 0.303 e. The number of amides is 2. The molecule has 1 N–H and O–H groups in total. The molecule has 0 spiro atoms. The Labute approximate surface area is 221 Å². The van der Waals surface area contributed by atoms with E-state index >= 15 is 0 Å². The molecule has 2 aliphatic rings. The van der Waals surface area contributed by atoms with Crippen LogP contribution in [-0.4, -0.2) is 65.9 Å². The number of nitrogens with one attached hydrogen (secondary N) is 1. The van der Waals surface area contributed by atoms with Crippen LogP contribution in [0.25, 0.3) is 0 Å².